The summed E-state index contributed by atoms with van der Waals surface area (Å²) in [6, 6.07) is 0. The van der Waals surface area contributed by atoms with Gasteiger partial charge in [0.25, 0.3) is 10.0 Å². The molecular weight excluding hydrogens is 202 g/mol. The van der Waals surface area contributed by atoms with Crippen LogP contribution in [0, 0.1) is 0 Å². The van der Waals surface area contributed by atoms with Crippen LogP contribution in [-0.2, 0) is 23.1 Å². The highest BCUT2D eigenvalue weighted by Gasteiger charge is 2.17. The van der Waals surface area contributed by atoms with Gasteiger partial charge in [-0.05, 0) is 0 Å². The highest BCUT2D eigenvalue weighted by molar-refractivity contribution is 7.89. The summed E-state index contributed by atoms with van der Waals surface area (Å²) in [4.78, 5) is 0. The molecule has 0 saturated heterocycles. The Labute approximate surface area is 84.2 Å². The molecule has 2 heterocycles. The van der Waals surface area contributed by atoms with Crippen LogP contribution < -0.4 is 5.32 Å². The molecule has 0 fully saturated rings. The van der Waals surface area contributed by atoms with E-state index in [0.717, 1.165) is 21.6 Å². The fourth-order valence-corrected chi connectivity index (χ4v) is 1.77. The maximum absolute atomic E-state index is 11.0. The third-order valence-electron chi connectivity index (χ3n) is 1.80. The molecule has 0 saturated carbocycles. The number of rotatable bonds is 1. The zero-order valence-corrected chi connectivity index (χ0v) is 9.43. The Balaban J connectivity index is 0.000000461. The molecule has 1 aliphatic heterocycles. The SMILES string of the molecule is CC.CS(=O)(=O)n1cc2c(n1)CNC2. The molecule has 0 atom stereocenters. The van der Waals surface area contributed by atoms with Crippen LogP contribution in [0.2, 0.25) is 0 Å². The fourth-order valence-electron chi connectivity index (χ4n) is 1.20. The maximum atomic E-state index is 11.0. The molecule has 2 rings (SSSR count). The van der Waals surface area contributed by atoms with Crippen molar-refractivity contribution in [2.24, 2.45) is 0 Å². The van der Waals surface area contributed by atoms with Gasteiger partial charge in [-0.2, -0.15) is 9.19 Å². The Bertz CT molecular complexity index is 387. The summed E-state index contributed by atoms with van der Waals surface area (Å²) < 4.78 is 23.1. The maximum Gasteiger partial charge on any atom is 0.250 e. The van der Waals surface area contributed by atoms with E-state index in [-0.39, 0.29) is 0 Å². The molecule has 0 unspecified atom stereocenters. The van der Waals surface area contributed by atoms with Gasteiger partial charge in [0.2, 0.25) is 0 Å². The highest BCUT2D eigenvalue weighted by atomic mass is 32.2. The summed E-state index contributed by atoms with van der Waals surface area (Å²) >= 11 is 0. The lowest BCUT2D eigenvalue weighted by Crippen LogP contribution is -2.13. The van der Waals surface area contributed by atoms with Gasteiger partial charge in [-0.1, -0.05) is 13.8 Å². The van der Waals surface area contributed by atoms with E-state index in [1.165, 1.54) is 0 Å². The van der Waals surface area contributed by atoms with Crippen molar-refractivity contribution in [2.75, 3.05) is 6.26 Å². The summed E-state index contributed by atoms with van der Waals surface area (Å²) in [6.07, 6.45) is 2.70. The first-order valence-corrected chi connectivity index (χ1v) is 6.41. The second-order valence-electron chi connectivity index (χ2n) is 2.84. The third kappa shape index (κ3) is 2.13. The van der Waals surface area contributed by atoms with Crippen LogP contribution in [0.4, 0.5) is 0 Å². The summed E-state index contributed by atoms with van der Waals surface area (Å²) in [5, 5.41) is 7.00. The molecule has 0 radical (unpaired) electrons. The first kappa shape index (κ1) is 11.2. The van der Waals surface area contributed by atoms with Gasteiger partial charge in [0.05, 0.1) is 11.9 Å². The lowest BCUT2D eigenvalue weighted by atomic mass is 10.3. The minimum absolute atomic E-state index is 0.665. The zero-order valence-electron chi connectivity index (χ0n) is 8.61. The van der Waals surface area contributed by atoms with Gasteiger partial charge in [-0.25, -0.2) is 8.42 Å². The number of aromatic nitrogens is 2. The number of nitrogens with one attached hydrogen (secondary N) is 1. The molecule has 0 aromatic carbocycles. The molecule has 0 amide bonds. The van der Waals surface area contributed by atoms with E-state index < -0.39 is 10.0 Å². The Hall–Kier alpha value is -0.880. The zero-order chi connectivity index (χ0) is 10.8. The van der Waals surface area contributed by atoms with E-state index in [2.05, 4.69) is 10.4 Å². The Morgan fingerprint density at radius 1 is 1.43 bits per heavy atom. The molecule has 5 nitrogen and oxygen atoms in total. The number of hydrogen-bond donors (Lipinski definition) is 1. The lowest BCUT2D eigenvalue weighted by molar-refractivity contribution is 0.584. The number of hydrogen-bond acceptors (Lipinski definition) is 4. The van der Waals surface area contributed by atoms with Crippen molar-refractivity contribution in [1.29, 1.82) is 0 Å². The van der Waals surface area contributed by atoms with Crippen LogP contribution in [0.1, 0.15) is 25.1 Å². The van der Waals surface area contributed by atoms with Crippen LogP contribution >= 0.6 is 0 Å². The first-order chi connectivity index (χ1) is 6.57. The van der Waals surface area contributed by atoms with Gasteiger partial charge in [0.1, 0.15) is 0 Å². The van der Waals surface area contributed by atoms with Crippen molar-refractivity contribution < 1.29 is 8.42 Å². The predicted octanol–water partition coefficient (Wildman–Crippen LogP) is 0.320. The Morgan fingerprint density at radius 3 is 2.57 bits per heavy atom. The monoisotopic (exact) mass is 217 g/mol. The normalized spacial score (nSPS) is 14.5. The van der Waals surface area contributed by atoms with Crippen molar-refractivity contribution >= 4 is 10.0 Å². The average molecular weight is 217 g/mol. The minimum Gasteiger partial charge on any atom is -0.307 e. The average Bonchev–Trinajstić information content (AvgIpc) is 2.63. The molecule has 0 aliphatic carbocycles. The second-order valence-corrected chi connectivity index (χ2v) is 4.68. The molecule has 0 spiro atoms. The van der Waals surface area contributed by atoms with Crippen LogP contribution in [-0.4, -0.2) is 23.9 Å². The predicted molar refractivity (Wildman–Crippen MR) is 54.4 cm³/mol. The van der Waals surface area contributed by atoms with Crippen LogP contribution in [0.15, 0.2) is 6.20 Å². The topological polar surface area (TPSA) is 64.0 Å². The molecule has 80 valence electrons. The smallest absolute Gasteiger partial charge is 0.250 e. The summed E-state index contributed by atoms with van der Waals surface area (Å²) in [5.41, 5.74) is 1.81. The van der Waals surface area contributed by atoms with Crippen molar-refractivity contribution in [1.82, 2.24) is 14.5 Å². The van der Waals surface area contributed by atoms with Gasteiger partial charge in [-0.3, -0.25) is 0 Å². The third-order valence-corrected chi connectivity index (χ3v) is 2.67. The second kappa shape index (κ2) is 4.10. The molecule has 14 heavy (non-hydrogen) atoms. The van der Waals surface area contributed by atoms with Crippen molar-refractivity contribution in [2.45, 2.75) is 26.9 Å². The van der Waals surface area contributed by atoms with Crippen molar-refractivity contribution in [3.05, 3.63) is 17.5 Å². The first-order valence-electron chi connectivity index (χ1n) is 4.56. The molecule has 1 aromatic rings. The standard InChI is InChI=1S/C6H9N3O2S.C2H6/c1-12(10,11)9-4-5-2-7-3-6(5)8-9;1-2/h4,7H,2-3H2,1H3;1-2H3. The molecule has 1 aliphatic rings. The summed E-state index contributed by atoms with van der Waals surface area (Å²) in [7, 11) is -3.20. The summed E-state index contributed by atoms with van der Waals surface area (Å²) in [5.74, 6) is 0. The van der Waals surface area contributed by atoms with Gasteiger partial charge >= 0.3 is 0 Å². The fraction of sp³-hybridized carbons (Fsp3) is 0.625. The van der Waals surface area contributed by atoms with Crippen molar-refractivity contribution in [3.8, 4) is 0 Å². The van der Waals surface area contributed by atoms with Crippen LogP contribution in [0.5, 0.6) is 0 Å². The molecular formula is C8H15N3O2S. The molecule has 0 bridgehead atoms. The van der Waals surface area contributed by atoms with Gasteiger partial charge < -0.3 is 5.32 Å². The van der Waals surface area contributed by atoms with E-state index in [0.29, 0.717) is 13.1 Å². The highest BCUT2D eigenvalue weighted by Crippen LogP contribution is 2.13. The van der Waals surface area contributed by atoms with Crippen LogP contribution in [0.3, 0.4) is 0 Å². The molecule has 6 heteroatoms. The largest absolute Gasteiger partial charge is 0.307 e. The van der Waals surface area contributed by atoms with E-state index in [1.54, 1.807) is 6.20 Å². The lowest BCUT2D eigenvalue weighted by Gasteiger charge is -1.96. The van der Waals surface area contributed by atoms with E-state index in [4.69, 9.17) is 0 Å². The Morgan fingerprint density at radius 2 is 2.07 bits per heavy atom. The van der Waals surface area contributed by atoms with E-state index in [9.17, 15) is 8.42 Å². The molecule has 1 aromatic heterocycles. The summed E-state index contributed by atoms with van der Waals surface area (Å²) in [6.45, 7) is 5.38. The number of nitrogens with zero attached hydrogens (tertiary/aromatic N) is 2. The van der Waals surface area contributed by atoms with Gasteiger partial charge in [0, 0.05) is 24.8 Å². The van der Waals surface area contributed by atoms with Gasteiger partial charge in [-0.15, -0.1) is 0 Å². The van der Waals surface area contributed by atoms with E-state index >= 15 is 0 Å². The minimum atomic E-state index is -3.20. The Kier molecular flexibility index (Phi) is 3.28. The van der Waals surface area contributed by atoms with Crippen LogP contribution in [0.25, 0.3) is 0 Å². The quantitative estimate of drug-likeness (QED) is 0.736. The molecule has 1 N–H and O–H groups in total. The van der Waals surface area contributed by atoms with E-state index in [1.807, 2.05) is 13.8 Å². The number of fused-ring (bicyclic) bond motifs is 1. The van der Waals surface area contributed by atoms with Crippen molar-refractivity contribution in [3.63, 3.8) is 0 Å². The van der Waals surface area contributed by atoms with Gasteiger partial charge in [0.15, 0.2) is 0 Å².